The topological polar surface area (TPSA) is 87.7 Å². The standard InChI is InChI=1S/C14H26N2O4/c1-2-3-4-5-6-7-9-15-13(19)16-14(12(17)18)8-10-20-11-14/h2-11H2,1H3,(H,17,18)(H2,15,16,19). The average molecular weight is 286 g/mol. The Morgan fingerprint density at radius 1 is 1.20 bits per heavy atom. The predicted octanol–water partition coefficient (Wildman–Crippen LogP) is 1.89. The van der Waals surface area contributed by atoms with Crippen LogP contribution in [0.4, 0.5) is 4.79 Å². The Morgan fingerprint density at radius 2 is 1.90 bits per heavy atom. The first-order valence-electron chi connectivity index (χ1n) is 7.48. The van der Waals surface area contributed by atoms with Gasteiger partial charge in [-0.05, 0) is 6.42 Å². The van der Waals surface area contributed by atoms with Crippen LogP contribution in [0.1, 0.15) is 51.9 Å². The number of unbranched alkanes of at least 4 members (excludes halogenated alkanes) is 5. The van der Waals surface area contributed by atoms with Gasteiger partial charge in [-0.15, -0.1) is 0 Å². The van der Waals surface area contributed by atoms with Crippen LogP contribution in [-0.4, -0.2) is 42.4 Å². The zero-order valence-corrected chi connectivity index (χ0v) is 12.2. The van der Waals surface area contributed by atoms with E-state index in [4.69, 9.17) is 4.74 Å². The van der Waals surface area contributed by atoms with Gasteiger partial charge in [0.15, 0.2) is 5.54 Å². The highest BCUT2D eigenvalue weighted by Crippen LogP contribution is 2.18. The van der Waals surface area contributed by atoms with Crippen LogP contribution in [0.5, 0.6) is 0 Å². The molecule has 6 heteroatoms. The third-order valence-electron chi connectivity index (χ3n) is 3.60. The number of aliphatic carboxylic acids is 1. The molecule has 20 heavy (non-hydrogen) atoms. The van der Waals surface area contributed by atoms with Gasteiger partial charge in [0.25, 0.3) is 0 Å². The molecule has 3 N–H and O–H groups in total. The van der Waals surface area contributed by atoms with E-state index in [1.54, 1.807) is 0 Å². The van der Waals surface area contributed by atoms with Crippen molar-refractivity contribution >= 4 is 12.0 Å². The lowest BCUT2D eigenvalue weighted by Gasteiger charge is -2.23. The number of hydrogen-bond donors (Lipinski definition) is 3. The van der Waals surface area contributed by atoms with E-state index in [9.17, 15) is 14.7 Å². The number of carboxylic acid groups (broad SMARTS) is 1. The Kier molecular flexibility index (Phi) is 7.36. The molecule has 0 aromatic heterocycles. The summed E-state index contributed by atoms with van der Waals surface area (Å²) in [5.41, 5.74) is -1.26. The number of carbonyl (C=O) groups is 2. The molecule has 0 aliphatic carbocycles. The number of carboxylic acids is 1. The molecule has 1 fully saturated rings. The van der Waals surface area contributed by atoms with E-state index in [-0.39, 0.29) is 6.61 Å². The molecule has 1 heterocycles. The molecule has 1 rings (SSSR count). The molecule has 0 radical (unpaired) electrons. The second-order valence-electron chi connectivity index (χ2n) is 5.34. The molecule has 1 aliphatic rings. The zero-order valence-electron chi connectivity index (χ0n) is 12.2. The minimum absolute atomic E-state index is 0.0345. The first kappa shape index (κ1) is 16.8. The summed E-state index contributed by atoms with van der Waals surface area (Å²) >= 11 is 0. The van der Waals surface area contributed by atoms with Crippen LogP contribution < -0.4 is 10.6 Å². The van der Waals surface area contributed by atoms with Crippen molar-refractivity contribution in [1.29, 1.82) is 0 Å². The lowest BCUT2D eigenvalue weighted by atomic mass is 9.99. The number of urea groups is 1. The maximum absolute atomic E-state index is 11.7. The van der Waals surface area contributed by atoms with Gasteiger partial charge in [-0.1, -0.05) is 39.0 Å². The molecule has 1 saturated heterocycles. The van der Waals surface area contributed by atoms with Gasteiger partial charge >= 0.3 is 12.0 Å². The monoisotopic (exact) mass is 286 g/mol. The van der Waals surface area contributed by atoms with E-state index in [0.717, 1.165) is 12.8 Å². The maximum atomic E-state index is 11.7. The summed E-state index contributed by atoms with van der Waals surface area (Å²) in [5.74, 6) is -1.04. The molecule has 1 aliphatic heterocycles. The molecule has 1 unspecified atom stereocenters. The molecule has 0 aromatic carbocycles. The lowest BCUT2D eigenvalue weighted by Crippen LogP contribution is -2.57. The van der Waals surface area contributed by atoms with E-state index >= 15 is 0 Å². The normalized spacial score (nSPS) is 21.6. The van der Waals surface area contributed by atoms with Crippen molar-refractivity contribution in [1.82, 2.24) is 10.6 Å². The molecule has 0 aromatic rings. The molecule has 0 saturated carbocycles. The number of ether oxygens (including phenoxy) is 1. The highest BCUT2D eigenvalue weighted by atomic mass is 16.5. The van der Waals surface area contributed by atoms with Crippen LogP contribution in [0.15, 0.2) is 0 Å². The third kappa shape index (κ3) is 5.36. The van der Waals surface area contributed by atoms with Crippen molar-refractivity contribution in [3.63, 3.8) is 0 Å². The Morgan fingerprint density at radius 3 is 2.50 bits per heavy atom. The summed E-state index contributed by atoms with van der Waals surface area (Å²) in [4.78, 5) is 22.9. The first-order valence-corrected chi connectivity index (χ1v) is 7.48. The second kappa shape index (κ2) is 8.79. The minimum atomic E-state index is -1.26. The van der Waals surface area contributed by atoms with E-state index in [1.807, 2.05) is 0 Å². The summed E-state index contributed by atoms with van der Waals surface area (Å²) < 4.78 is 5.08. The summed E-state index contributed by atoms with van der Waals surface area (Å²) in [6.45, 7) is 3.15. The number of amides is 2. The molecule has 116 valence electrons. The first-order chi connectivity index (χ1) is 9.60. The molecular weight excluding hydrogens is 260 g/mol. The molecule has 1 atom stereocenters. The molecule has 2 amide bonds. The highest BCUT2D eigenvalue weighted by Gasteiger charge is 2.43. The fraction of sp³-hybridized carbons (Fsp3) is 0.857. The SMILES string of the molecule is CCCCCCCCNC(=O)NC1(C(=O)O)CCOC1. The summed E-state index contributed by atoms with van der Waals surface area (Å²) in [5, 5.41) is 14.4. The van der Waals surface area contributed by atoms with Crippen LogP contribution in [0, 0.1) is 0 Å². The van der Waals surface area contributed by atoms with Gasteiger partial charge in [0, 0.05) is 19.6 Å². The third-order valence-corrected chi connectivity index (χ3v) is 3.60. The fourth-order valence-electron chi connectivity index (χ4n) is 2.25. The quantitative estimate of drug-likeness (QED) is 0.565. The van der Waals surface area contributed by atoms with Crippen molar-refractivity contribution in [3.8, 4) is 0 Å². The Balaban J connectivity index is 2.15. The summed E-state index contributed by atoms with van der Waals surface area (Å²) in [7, 11) is 0. The fourth-order valence-corrected chi connectivity index (χ4v) is 2.25. The summed E-state index contributed by atoms with van der Waals surface area (Å²) in [6, 6.07) is -0.425. The Hall–Kier alpha value is -1.30. The molecular formula is C14H26N2O4. The number of nitrogens with one attached hydrogen (secondary N) is 2. The molecule has 0 bridgehead atoms. The Bertz CT molecular complexity index is 314. The minimum Gasteiger partial charge on any atom is -0.479 e. The predicted molar refractivity (Wildman–Crippen MR) is 75.7 cm³/mol. The van der Waals surface area contributed by atoms with Crippen molar-refractivity contribution in [2.45, 2.75) is 57.4 Å². The van der Waals surface area contributed by atoms with Gasteiger partial charge in [0.2, 0.25) is 0 Å². The van der Waals surface area contributed by atoms with Crippen LogP contribution in [0.25, 0.3) is 0 Å². The van der Waals surface area contributed by atoms with E-state index < -0.39 is 17.5 Å². The van der Waals surface area contributed by atoms with Crippen molar-refractivity contribution in [3.05, 3.63) is 0 Å². The van der Waals surface area contributed by atoms with Crippen LogP contribution in [-0.2, 0) is 9.53 Å². The van der Waals surface area contributed by atoms with Crippen molar-refractivity contribution < 1.29 is 19.4 Å². The van der Waals surface area contributed by atoms with Gasteiger partial charge in [-0.25, -0.2) is 9.59 Å². The average Bonchev–Trinajstić information content (AvgIpc) is 2.87. The van der Waals surface area contributed by atoms with Gasteiger partial charge in [-0.2, -0.15) is 0 Å². The zero-order chi connectivity index (χ0) is 14.8. The van der Waals surface area contributed by atoms with Gasteiger partial charge in [-0.3, -0.25) is 0 Å². The van der Waals surface area contributed by atoms with Crippen molar-refractivity contribution in [2.75, 3.05) is 19.8 Å². The number of rotatable bonds is 9. The number of hydrogen-bond acceptors (Lipinski definition) is 3. The van der Waals surface area contributed by atoms with Crippen LogP contribution in [0.3, 0.4) is 0 Å². The van der Waals surface area contributed by atoms with E-state index in [0.29, 0.717) is 19.6 Å². The van der Waals surface area contributed by atoms with E-state index in [1.165, 1.54) is 25.7 Å². The van der Waals surface area contributed by atoms with Gasteiger partial charge < -0.3 is 20.5 Å². The summed E-state index contributed by atoms with van der Waals surface area (Å²) in [6.07, 6.45) is 7.23. The Labute approximate surface area is 120 Å². The van der Waals surface area contributed by atoms with Crippen molar-refractivity contribution in [2.24, 2.45) is 0 Å². The van der Waals surface area contributed by atoms with Crippen LogP contribution in [0.2, 0.25) is 0 Å². The highest BCUT2D eigenvalue weighted by molar-refractivity contribution is 5.86. The smallest absolute Gasteiger partial charge is 0.332 e. The second-order valence-corrected chi connectivity index (χ2v) is 5.34. The largest absolute Gasteiger partial charge is 0.479 e. The molecule has 6 nitrogen and oxygen atoms in total. The van der Waals surface area contributed by atoms with Gasteiger partial charge in [0.1, 0.15) is 0 Å². The molecule has 0 spiro atoms. The maximum Gasteiger partial charge on any atom is 0.332 e. The van der Waals surface area contributed by atoms with E-state index in [2.05, 4.69) is 17.6 Å². The lowest BCUT2D eigenvalue weighted by molar-refractivity contribution is -0.144. The van der Waals surface area contributed by atoms with Crippen LogP contribution >= 0.6 is 0 Å². The number of carbonyl (C=O) groups excluding carboxylic acids is 1. The van der Waals surface area contributed by atoms with Gasteiger partial charge in [0.05, 0.1) is 6.61 Å².